The molecule has 0 aliphatic carbocycles. The molecule has 0 amide bonds. The van der Waals surface area contributed by atoms with Gasteiger partial charge in [-0.3, -0.25) is 4.99 Å². The summed E-state index contributed by atoms with van der Waals surface area (Å²) in [4.78, 5) is 4.30. The quantitative estimate of drug-likeness (QED) is 0.267. The first-order valence-electron chi connectivity index (χ1n) is 8.50. The smallest absolute Gasteiger partial charge is 0.193 e. The van der Waals surface area contributed by atoms with E-state index in [1.807, 2.05) is 24.3 Å². The zero-order chi connectivity index (χ0) is 18.2. The molecule has 0 radical (unpaired) electrons. The van der Waals surface area contributed by atoms with Crippen molar-refractivity contribution in [2.24, 2.45) is 10.7 Å². The highest BCUT2D eigenvalue weighted by Crippen LogP contribution is 2.32. The van der Waals surface area contributed by atoms with E-state index in [9.17, 15) is 4.39 Å². The number of guanidine groups is 1. The number of nitrogens with one attached hydrogen (secondary N) is 1. The number of halogens is 2. The third-order valence-corrected chi connectivity index (χ3v) is 4.74. The molecule has 5 nitrogen and oxygen atoms in total. The molecular weight excluding hydrogens is 480 g/mol. The van der Waals surface area contributed by atoms with Crippen LogP contribution in [0.4, 0.5) is 10.1 Å². The van der Waals surface area contributed by atoms with E-state index in [4.69, 9.17) is 15.2 Å². The van der Waals surface area contributed by atoms with E-state index in [1.54, 1.807) is 23.9 Å². The molecule has 0 spiro atoms. The van der Waals surface area contributed by atoms with Gasteiger partial charge in [-0.1, -0.05) is 18.2 Å². The lowest BCUT2D eigenvalue weighted by Gasteiger charge is -2.10. The molecule has 1 heterocycles. The Morgan fingerprint density at radius 1 is 1.15 bits per heavy atom. The molecule has 0 atom stereocenters. The number of aliphatic imine (C=N–C) groups is 1. The molecular formula is C19H23FIN3O2S. The van der Waals surface area contributed by atoms with E-state index in [2.05, 4.69) is 10.3 Å². The van der Waals surface area contributed by atoms with E-state index in [0.29, 0.717) is 42.8 Å². The molecule has 1 aliphatic rings. The van der Waals surface area contributed by atoms with Gasteiger partial charge in [-0.05, 0) is 23.8 Å². The van der Waals surface area contributed by atoms with Crippen molar-refractivity contribution in [1.29, 1.82) is 0 Å². The summed E-state index contributed by atoms with van der Waals surface area (Å²) in [7, 11) is 0. The first-order valence-corrected chi connectivity index (χ1v) is 9.65. The van der Waals surface area contributed by atoms with Gasteiger partial charge in [-0.25, -0.2) is 4.39 Å². The van der Waals surface area contributed by atoms with Crippen LogP contribution in [-0.2, 0) is 5.75 Å². The summed E-state index contributed by atoms with van der Waals surface area (Å²) < 4.78 is 24.8. The minimum absolute atomic E-state index is 0. The zero-order valence-corrected chi connectivity index (χ0v) is 18.0. The molecule has 3 N–H and O–H groups in total. The third kappa shape index (κ3) is 6.76. The van der Waals surface area contributed by atoms with Gasteiger partial charge in [0, 0.05) is 29.7 Å². The van der Waals surface area contributed by atoms with E-state index in [1.165, 1.54) is 6.07 Å². The van der Waals surface area contributed by atoms with Gasteiger partial charge in [-0.15, -0.1) is 24.0 Å². The maximum absolute atomic E-state index is 13.5. The fourth-order valence-electron chi connectivity index (χ4n) is 2.46. The van der Waals surface area contributed by atoms with Crippen LogP contribution in [-0.4, -0.2) is 31.5 Å². The standard InChI is InChI=1S/C19H22FN3O2S.HI/c20-16-5-2-1-4-14(16)13-26-11-8-22-19(21)23-15-6-7-17-18(12-15)25-10-3-9-24-17;/h1-2,4-7,12H,3,8-11,13H2,(H3,21,22,23);1H. The van der Waals surface area contributed by atoms with Crippen molar-refractivity contribution >= 4 is 47.4 Å². The van der Waals surface area contributed by atoms with Gasteiger partial charge >= 0.3 is 0 Å². The Morgan fingerprint density at radius 3 is 2.74 bits per heavy atom. The first-order chi connectivity index (χ1) is 12.7. The van der Waals surface area contributed by atoms with E-state index >= 15 is 0 Å². The summed E-state index contributed by atoms with van der Waals surface area (Å²) in [6.07, 6.45) is 0.867. The van der Waals surface area contributed by atoms with Crippen LogP contribution in [0.25, 0.3) is 0 Å². The average Bonchev–Trinajstić information content (AvgIpc) is 2.88. The van der Waals surface area contributed by atoms with Gasteiger partial charge in [0.15, 0.2) is 17.5 Å². The Morgan fingerprint density at radius 2 is 1.93 bits per heavy atom. The van der Waals surface area contributed by atoms with Gasteiger partial charge < -0.3 is 20.5 Å². The Labute approximate surface area is 179 Å². The number of thioether (sulfide) groups is 1. The van der Waals surface area contributed by atoms with Crippen molar-refractivity contribution < 1.29 is 13.9 Å². The van der Waals surface area contributed by atoms with E-state index in [0.717, 1.165) is 23.6 Å². The van der Waals surface area contributed by atoms with Crippen LogP contribution in [0, 0.1) is 5.82 Å². The summed E-state index contributed by atoms with van der Waals surface area (Å²) in [5.74, 6) is 3.01. The third-order valence-electron chi connectivity index (χ3n) is 3.75. The van der Waals surface area contributed by atoms with Crippen molar-refractivity contribution in [2.75, 3.05) is 30.8 Å². The summed E-state index contributed by atoms with van der Waals surface area (Å²) in [6, 6.07) is 12.4. The van der Waals surface area contributed by atoms with Gasteiger partial charge in [0.2, 0.25) is 0 Å². The minimum Gasteiger partial charge on any atom is -0.490 e. The first kappa shape index (κ1) is 21.6. The predicted molar refractivity (Wildman–Crippen MR) is 120 cm³/mol. The van der Waals surface area contributed by atoms with Crippen LogP contribution in [0.3, 0.4) is 0 Å². The lowest BCUT2D eigenvalue weighted by Crippen LogP contribution is -2.23. The number of ether oxygens (including phenoxy) is 2. The maximum atomic E-state index is 13.5. The molecule has 0 aromatic heterocycles. The monoisotopic (exact) mass is 503 g/mol. The molecule has 0 fully saturated rings. The molecule has 0 saturated heterocycles. The van der Waals surface area contributed by atoms with Crippen molar-refractivity contribution in [1.82, 2.24) is 0 Å². The second-order valence-electron chi connectivity index (χ2n) is 5.75. The predicted octanol–water partition coefficient (Wildman–Crippen LogP) is 4.27. The highest BCUT2D eigenvalue weighted by Gasteiger charge is 2.10. The highest BCUT2D eigenvalue weighted by atomic mass is 127. The zero-order valence-electron chi connectivity index (χ0n) is 14.8. The summed E-state index contributed by atoms with van der Waals surface area (Å²) in [6.45, 7) is 1.86. The number of rotatable bonds is 6. The maximum Gasteiger partial charge on any atom is 0.193 e. The Bertz CT molecular complexity index is 776. The van der Waals surface area contributed by atoms with Crippen LogP contribution in [0.1, 0.15) is 12.0 Å². The van der Waals surface area contributed by atoms with Crippen LogP contribution in [0.2, 0.25) is 0 Å². The number of benzene rings is 2. The topological polar surface area (TPSA) is 68.9 Å². The molecule has 0 unspecified atom stereocenters. The van der Waals surface area contributed by atoms with Crippen LogP contribution < -0.4 is 20.5 Å². The van der Waals surface area contributed by atoms with Crippen LogP contribution >= 0.6 is 35.7 Å². The Kier molecular flexibility index (Phi) is 8.99. The fourth-order valence-corrected chi connectivity index (χ4v) is 3.28. The number of hydrogen-bond donors (Lipinski definition) is 2. The van der Waals surface area contributed by atoms with Gasteiger partial charge in [-0.2, -0.15) is 11.8 Å². The van der Waals surface area contributed by atoms with Crippen molar-refractivity contribution in [3.8, 4) is 11.5 Å². The molecule has 2 aromatic rings. The Hall–Kier alpha value is -1.68. The van der Waals surface area contributed by atoms with E-state index < -0.39 is 0 Å². The largest absolute Gasteiger partial charge is 0.490 e. The van der Waals surface area contributed by atoms with Crippen LogP contribution in [0.5, 0.6) is 11.5 Å². The second-order valence-corrected chi connectivity index (χ2v) is 6.85. The normalized spacial score (nSPS) is 13.4. The fraction of sp³-hybridized carbons (Fsp3) is 0.316. The summed E-state index contributed by atoms with van der Waals surface area (Å²) in [5.41, 5.74) is 7.44. The van der Waals surface area contributed by atoms with E-state index in [-0.39, 0.29) is 29.8 Å². The molecule has 0 bridgehead atoms. The SMILES string of the molecule is I.NC(=NCCSCc1ccccc1F)Nc1ccc2c(c1)OCCCO2. The minimum atomic E-state index is -0.168. The number of fused-ring (bicyclic) bond motifs is 1. The van der Waals surface area contributed by atoms with Crippen molar-refractivity contribution in [2.45, 2.75) is 12.2 Å². The lowest BCUT2D eigenvalue weighted by molar-refractivity contribution is 0.297. The molecule has 3 rings (SSSR count). The van der Waals surface area contributed by atoms with Crippen molar-refractivity contribution in [3.05, 3.63) is 53.8 Å². The van der Waals surface area contributed by atoms with Gasteiger partial charge in [0.1, 0.15) is 5.82 Å². The molecule has 1 aliphatic heterocycles. The second kappa shape index (κ2) is 11.2. The molecule has 0 saturated carbocycles. The summed E-state index contributed by atoms with van der Waals surface area (Å²) in [5, 5.41) is 3.05. The van der Waals surface area contributed by atoms with Gasteiger partial charge in [0.25, 0.3) is 0 Å². The molecule has 146 valence electrons. The van der Waals surface area contributed by atoms with Gasteiger partial charge in [0.05, 0.1) is 19.8 Å². The molecule has 2 aromatic carbocycles. The lowest BCUT2D eigenvalue weighted by atomic mass is 10.2. The number of nitrogens with zero attached hydrogens (tertiary/aromatic N) is 1. The molecule has 27 heavy (non-hydrogen) atoms. The average molecular weight is 503 g/mol. The summed E-state index contributed by atoms with van der Waals surface area (Å²) >= 11 is 1.62. The Balaban J connectivity index is 0.00000261. The highest BCUT2D eigenvalue weighted by molar-refractivity contribution is 14.0. The number of nitrogens with two attached hydrogens (primary N) is 1. The van der Waals surface area contributed by atoms with Crippen molar-refractivity contribution in [3.63, 3.8) is 0 Å². The molecule has 8 heteroatoms. The number of anilines is 1. The number of hydrogen-bond acceptors (Lipinski definition) is 4. The van der Waals surface area contributed by atoms with Crippen LogP contribution in [0.15, 0.2) is 47.5 Å².